The quantitative estimate of drug-likeness (QED) is 0.120. The highest BCUT2D eigenvalue weighted by atomic mass is 16.5. The maximum atomic E-state index is 6.56. The van der Waals surface area contributed by atoms with E-state index in [-0.39, 0.29) is 0 Å². The Balaban J connectivity index is 1.05. The fraction of sp³-hybridized carbons (Fsp3) is 0.440. The predicted molar refractivity (Wildman–Crippen MR) is 238 cm³/mol. The lowest BCUT2D eigenvalue weighted by molar-refractivity contribution is 0.119. The Labute approximate surface area is 339 Å². The third-order valence-electron chi connectivity index (χ3n) is 13.0. The molecule has 0 bridgehead atoms. The summed E-state index contributed by atoms with van der Waals surface area (Å²) in [6.07, 6.45) is 10.2. The van der Waals surface area contributed by atoms with E-state index < -0.39 is 0 Å². The van der Waals surface area contributed by atoms with Gasteiger partial charge in [0.05, 0.1) is 22.4 Å². The van der Waals surface area contributed by atoms with Crippen LogP contribution in [0.4, 0.5) is 11.4 Å². The van der Waals surface area contributed by atoms with Crippen molar-refractivity contribution in [2.45, 2.75) is 120 Å². The van der Waals surface area contributed by atoms with E-state index in [1.165, 1.54) is 88.9 Å². The van der Waals surface area contributed by atoms with E-state index in [0.717, 1.165) is 85.4 Å². The summed E-state index contributed by atoms with van der Waals surface area (Å²) in [5.74, 6) is 0.620. The minimum Gasteiger partial charge on any atom is -0.384 e. The van der Waals surface area contributed by atoms with Crippen LogP contribution >= 0.6 is 0 Å². The van der Waals surface area contributed by atoms with Crippen molar-refractivity contribution in [3.8, 4) is 22.5 Å². The summed E-state index contributed by atoms with van der Waals surface area (Å²) in [6.45, 7) is 25.3. The standard InChI is InChI=1S/C50H60N6O/c1-11-35(39-25-53-47(41-29(5)21-27(3)22-30(41)6)49-43(39)45-37(13-17-51-45)33(9)55-49)15-19-57-20-16-36(12-2)40-26-54-48(42-31(7)23-28(4)24-32(42)8)50-44(40)46-38(14-18-52-46)34(10)56-50/h21-26,35-36,51-52H,11-20H2,1-10H3. The molecule has 2 aliphatic rings. The first-order chi connectivity index (χ1) is 27.5. The van der Waals surface area contributed by atoms with Gasteiger partial charge >= 0.3 is 0 Å². The van der Waals surface area contributed by atoms with Crippen molar-refractivity contribution in [3.63, 3.8) is 0 Å². The van der Waals surface area contributed by atoms with Crippen molar-refractivity contribution in [2.24, 2.45) is 0 Å². The molecular formula is C50H60N6O. The van der Waals surface area contributed by atoms with E-state index in [1.807, 2.05) is 0 Å². The Morgan fingerprint density at radius 1 is 0.579 bits per heavy atom. The van der Waals surface area contributed by atoms with Crippen LogP contribution in [-0.2, 0) is 17.6 Å². The zero-order valence-corrected chi connectivity index (χ0v) is 35.9. The second-order valence-corrected chi connectivity index (χ2v) is 17.0. The molecule has 57 heavy (non-hydrogen) atoms. The predicted octanol–water partition coefficient (Wildman–Crippen LogP) is 11.8. The minimum atomic E-state index is 0.310. The number of aryl methyl sites for hydroxylation is 8. The first-order valence-corrected chi connectivity index (χ1v) is 21.4. The molecule has 296 valence electrons. The largest absolute Gasteiger partial charge is 0.384 e. The van der Waals surface area contributed by atoms with Crippen LogP contribution in [0.2, 0.25) is 0 Å². The number of nitrogens with zero attached hydrogens (tertiary/aromatic N) is 4. The second-order valence-electron chi connectivity index (χ2n) is 17.0. The minimum absolute atomic E-state index is 0.310. The molecule has 0 fully saturated rings. The SMILES string of the molecule is CCC(CCOCCC(CC)c1cnc(-c2c(C)cc(C)cc2C)c2nc(C)c3c(c12)NCC3)c1cnc(-c2c(C)cc(C)cc2C)c2nc(C)c3c(c12)NCC3. The van der Waals surface area contributed by atoms with Crippen molar-refractivity contribution in [1.29, 1.82) is 0 Å². The maximum Gasteiger partial charge on any atom is 0.0992 e. The van der Waals surface area contributed by atoms with Gasteiger partial charge in [0.15, 0.2) is 0 Å². The van der Waals surface area contributed by atoms with Gasteiger partial charge in [0, 0.05) is 83.4 Å². The third-order valence-corrected chi connectivity index (χ3v) is 13.0. The Morgan fingerprint density at radius 3 is 1.33 bits per heavy atom. The number of pyridine rings is 4. The Bertz CT molecular complexity index is 2320. The fourth-order valence-electron chi connectivity index (χ4n) is 10.3. The van der Waals surface area contributed by atoms with Crippen LogP contribution in [0.1, 0.15) is 118 Å². The normalized spacial score (nSPS) is 14.5. The molecule has 0 saturated heterocycles. The molecule has 2 N–H and O–H groups in total. The van der Waals surface area contributed by atoms with Crippen LogP contribution < -0.4 is 10.6 Å². The first-order valence-electron chi connectivity index (χ1n) is 21.4. The lowest BCUT2D eigenvalue weighted by atomic mass is 9.88. The third kappa shape index (κ3) is 6.96. The van der Waals surface area contributed by atoms with Crippen molar-refractivity contribution < 1.29 is 4.74 Å². The van der Waals surface area contributed by atoms with Gasteiger partial charge in [-0.05, 0) is 150 Å². The monoisotopic (exact) mass is 760 g/mol. The van der Waals surface area contributed by atoms with Crippen molar-refractivity contribution in [1.82, 2.24) is 19.9 Å². The van der Waals surface area contributed by atoms with Gasteiger partial charge in [-0.3, -0.25) is 19.9 Å². The molecule has 2 aromatic carbocycles. The average molecular weight is 761 g/mol. The highest BCUT2D eigenvalue weighted by Crippen LogP contribution is 2.45. The molecule has 0 amide bonds. The van der Waals surface area contributed by atoms with Crippen LogP contribution in [0.15, 0.2) is 36.7 Å². The number of hydrogen-bond donors (Lipinski definition) is 2. The Morgan fingerprint density at radius 2 is 0.965 bits per heavy atom. The summed E-state index contributed by atoms with van der Waals surface area (Å²) < 4.78 is 6.56. The van der Waals surface area contributed by atoms with E-state index in [1.54, 1.807) is 0 Å². The summed E-state index contributed by atoms with van der Waals surface area (Å²) in [4.78, 5) is 21.1. The van der Waals surface area contributed by atoms with Gasteiger partial charge in [0.25, 0.3) is 0 Å². The molecule has 7 nitrogen and oxygen atoms in total. The summed E-state index contributed by atoms with van der Waals surface area (Å²) in [6, 6.07) is 9.06. The maximum absolute atomic E-state index is 6.56. The average Bonchev–Trinajstić information content (AvgIpc) is 3.87. The van der Waals surface area contributed by atoms with Gasteiger partial charge in [0.1, 0.15) is 0 Å². The van der Waals surface area contributed by atoms with Gasteiger partial charge in [-0.15, -0.1) is 0 Å². The van der Waals surface area contributed by atoms with E-state index in [9.17, 15) is 0 Å². The zero-order valence-electron chi connectivity index (χ0n) is 35.9. The molecule has 0 spiro atoms. The van der Waals surface area contributed by atoms with Crippen molar-refractivity contribution in [2.75, 3.05) is 36.9 Å². The van der Waals surface area contributed by atoms with Crippen LogP contribution in [0, 0.1) is 55.4 Å². The van der Waals surface area contributed by atoms with Crippen LogP contribution in [-0.4, -0.2) is 46.2 Å². The van der Waals surface area contributed by atoms with E-state index >= 15 is 0 Å². The number of ether oxygens (including phenoxy) is 1. The zero-order chi connectivity index (χ0) is 40.1. The number of aromatic nitrogens is 4. The summed E-state index contributed by atoms with van der Waals surface area (Å²) >= 11 is 0. The molecular weight excluding hydrogens is 701 g/mol. The Hall–Kier alpha value is -4.88. The molecule has 7 heteroatoms. The number of hydrogen-bond acceptors (Lipinski definition) is 7. The molecule has 2 unspecified atom stereocenters. The number of rotatable bonds is 12. The molecule has 4 aromatic heterocycles. The molecule has 2 atom stereocenters. The summed E-state index contributed by atoms with van der Waals surface area (Å²) in [5, 5.41) is 10.0. The molecule has 0 saturated carbocycles. The number of fused-ring (bicyclic) bond motifs is 6. The van der Waals surface area contributed by atoms with E-state index in [2.05, 4.69) is 117 Å². The molecule has 0 aliphatic carbocycles. The van der Waals surface area contributed by atoms with Gasteiger partial charge in [-0.1, -0.05) is 49.2 Å². The number of nitrogens with one attached hydrogen (secondary N) is 2. The molecule has 0 radical (unpaired) electrons. The van der Waals surface area contributed by atoms with Crippen LogP contribution in [0.3, 0.4) is 0 Å². The van der Waals surface area contributed by atoms with E-state index in [0.29, 0.717) is 25.0 Å². The number of anilines is 2. The molecule has 8 rings (SSSR count). The van der Waals surface area contributed by atoms with Crippen molar-refractivity contribution in [3.05, 3.63) is 104 Å². The fourth-order valence-corrected chi connectivity index (χ4v) is 10.3. The van der Waals surface area contributed by atoms with Crippen molar-refractivity contribution >= 4 is 33.2 Å². The lowest BCUT2D eigenvalue weighted by Crippen LogP contribution is -2.10. The van der Waals surface area contributed by atoms with Gasteiger partial charge in [-0.2, -0.15) is 0 Å². The van der Waals surface area contributed by atoms with E-state index in [4.69, 9.17) is 24.7 Å². The highest BCUT2D eigenvalue weighted by Gasteiger charge is 2.28. The summed E-state index contributed by atoms with van der Waals surface area (Å²) in [7, 11) is 0. The first kappa shape index (κ1) is 39.0. The van der Waals surface area contributed by atoms with Gasteiger partial charge < -0.3 is 15.4 Å². The smallest absolute Gasteiger partial charge is 0.0992 e. The summed E-state index contributed by atoms with van der Waals surface area (Å²) in [5.41, 5.74) is 24.0. The highest BCUT2D eigenvalue weighted by molar-refractivity contribution is 6.05. The molecule has 6 heterocycles. The van der Waals surface area contributed by atoms with Crippen LogP contribution in [0.5, 0.6) is 0 Å². The topological polar surface area (TPSA) is 84.9 Å². The van der Waals surface area contributed by atoms with Crippen LogP contribution in [0.25, 0.3) is 44.3 Å². The molecule has 2 aliphatic heterocycles. The second kappa shape index (κ2) is 15.8. The lowest BCUT2D eigenvalue weighted by Gasteiger charge is -2.23. The Kier molecular flexibility index (Phi) is 10.8. The number of benzene rings is 2. The molecule has 6 aromatic rings. The van der Waals surface area contributed by atoms with Gasteiger partial charge in [-0.25, -0.2) is 0 Å². The van der Waals surface area contributed by atoms with Gasteiger partial charge in [0.2, 0.25) is 0 Å².